The van der Waals surface area contributed by atoms with Crippen LogP contribution in [-0.2, 0) is 10.3 Å². The standard InChI is InChI=1S/C12H15BrFNO2/c1-17-6-12(15,9-5-11(9)16)8-4-7(13)2-3-10(8)14/h2-4,9,11,16H,5-6,15H2,1H3/t9-,11?,12+/m0/s1. The molecule has 17 heavy (non-hydrogen) atoms. The van der Waals surface area contributed by atoms with E-state index in [9.17, 15) is 9.50 Å². The zero-order valence-corrected chi connectivity index (χ0v) is 11.1. The van der Waals surface area contributed by atoms with E-state index in [-0.39, 0.29) is 18.3 Å². The third-order valence-corrected chi connectivity index (χ3v) is 3.72. The number of rotatable bonds is 4. The minimum absolute atomic E-state index is 0.147. The van der Waals surface area contributed by atoms with Gasteiger partial charge in [-0.05, 0) is 24.6 Å². The molecule has 94 valence electrons. The molecule has 1 unspecified atom stereocenters. The summed E-state index contributed by atoms with van der Waals surface area (Å²) in [6.45, 7) is 0.183. The average molecular weight is 304 g/mol. The number of aliphatic hydroxyl groups excluding tert-OH is 1. The van der Waals surface area contributed by atoms with E-state index in [0.717, 1.165) is 4.47 Å². The molecule has 0 heterocycles. The highest BCUT2D eigenvalue weighted by Crippen LogP contribution is 2.45. The van der Waals surface area contributed by atoms with Gasteiger partial charge in [-0.25, -0.2) is 4.39 Å². The molecule has 0 spiro atoms. The summed E-state index contributed by atoms with van der Waals surface area (Å²) in [5.74, 6) is -0.516. The van der Waals surface area contributed by atoms with Crippen LogP contribution in [0.2, 0.25) is 0 Å². The Morgan fingerprint density at radius 1 is 1.65 bits per heavy atom. The molecule has 1 aliphatic rings. The maximum absolute atomic E-state index is 13.9. The molecule has 3 N–H and O–H groups in total. The van der Waals surface area contributed by atoms with Gasteiger partial charge in [-0.3, -0.25) is 0 Å². The Labute approximate surface area is 108 Å². The second-order valence-electron chi connectivity index (χ2n) is 4.51. The molecule has 0 saturated heterocycles. The van der Waals surface area contributed by atoms with Gasteiger partial charge < -0.3 is 15.6 Å². The van der Waals surface area contributed by atoms with E-state index in [1.807, 2.05) is 0 Å². The zero-order chi connectivity index (χ0) is 12.6. The number of methoxy groups -OCH3 is 1. The fourth-order valence-corrected chi connectivity index (χ4v) is 2.57. The fraction of sp³-hybridized carbons (Fsp3) is 0.500. The van der Waals surface area contributed by atoms with Gasteiger partial charge in [-0.1, -0.05) is 15.9 Å². The lowest BCUT2D eigenvalue weighted by molar-refractivity contribution is 0.102. The molecule has 3 atom stereocenters. The Morgan fingerprint density at radius 3 is 2.82 bits per heavy atom. The monoisotopic (exact) mass is 303 g/mol. The highest BCUT2D eigenvalue weighted by Gasteiger charge is 2.52. The van der Waals surface area contributed by atoms with Crippen molar-refractivity contribution in [2.75, 3.05) is 13.7 Å². The number of nitrogens with two attached hydrogens (primary N) is 1. The van der Waals surface area contributed by atoms with Crippen molar-refractivity contribution < 1.29 is 14.2 Å². The smallest absolute Gasteiger partial charge is 0.128 e. The first-order valence-electron chi connectivity index (χ1n) is 5.40. The summed E-state index contributed by atoms with van der Waals surface area (Å²) >= 11 is 3.30. The summed E-state index contributed by atoms with van der Waals surface area (Å²) in [6.07, 6.45) is 0.125. The van der Waals surface area contributed by atoms with E-state index in [1.54, 1.807) is 12.1 Å². The van der Waals surface area contributed by atoms with Gasteiger partial charge in [0.05, 0.1) is 18.2 Å². The van der Waals surface area contributed by atoms with Gasteiger partial charge in [0.15, 0.2) is 0 Å². The summed E-state index contributed by atoms with van der Waals surface area (Å²) in [6, 6.07) is 4.64. The lowest BCUT2D eigenvalue weighted by Crippen LogP contribution is -2.45. The van der Waals surface area contributed by atoms with Crippen molar-refractivity contribution in [2.24, 2.45) is 11.7 Å². The first-order chi connectivity index (χ1) is 7.99. The molecule has 1 aromatic carbocycles. The van der Waals surface area contributed by atoms with E-state index in [0.29, 0.717) is 12.0 Å². The molecule has 0 bridgehead atoms. The first-order valence-corrected chi connectivity index (χ1v) is 6.19. The first kappa shape index (κ1) is 13.0. The molecule has 1 fully saturated rings. The highest BCUT2D eigenvalue weighted by molar-refractivity contribution is 9.10. The van der Waals surface area contributed by atoms with Crippen LogP contribution in [0.25, 0.3) is 0 Å². The Morgan fingerprint density at radius 2 is 2.29 bits per heavy atom. The van der Waals surface area contributed by atoms with Gasteiger partial charge in [0, 0.05) is 23.1 Å². The number of ether oxygens (including phenoxy) is 1. The molecule has 1 aliphatic carbocycles. The Balaban J connectivity index is 2.41. The van der Waals surface area contributed by atoms with E-state index < -0.39 is 11.6 Å². The quantitative estimate of drug-likeness (QED) is 0.891. The van der Waals surface area contributed by atoms with Crippen molar-refractivity contribution in [3.05, 3.63) is 34.1 Å². The molecule has 3 nitrogen and oxygen atoms in total. The van der Waals surface area contributed by atoms with Crippen LogP contribution < -0.4 is 5.73 Å². The molecule has 1 saturated carbocycles. The molecule has 5 heteroatoms. The van der Waals surface area contributed by atoms with Crippen molar-refractivity contribution in [1.82, 2.24) is 0 Å². The molecule has 2 rings (SSSR count). The molecule has 0 aromatic heterocycles. The lowest BCUT2D eigenvalue weighted by atomic mass is 9.86. The number of benzene rings is 1. The summed E-state index contributed by atoms with van der Waals surface area (Å²) < 4.78 is 19.7. The second-order valence-corrected chi connectivity index (χ2v) is 5.42. The van der Waals surface area contributed by atoms with Crippen molar-refractivity contribution >= 4 is 15.9 Å². The summed E-state index contributed by atoms with van der Waals surface area (Å²) in [4.78, 5) is 0. The van der Waals surface area contributed by atoms with Gasteiger partial charge in [0.2, 0.25) is 0 Å². The van der Waals surface area contributed by atoms with E-state index in [1.165, 1.54) is 13.2 Å². The molecule has 1 aromatic rings. The maximum Gasteiger partial charge on any atom is 0.128 e. The van der Waals surface area contributed by atoms with Crippen molar-refractivity contribution in [3.63, 3.8) is 0 Å². The maximum atomic E-state index is 13.9. The molecule has 0 amide bonds. The van der Waals surface area contributed by atoms with Crippen LogP contribution in [0.5, 0.6) is 0 Å². The van der Waals surface area contributed by atoms with Gasteiger partial charge in [0.1, 0.15) is 5.82 Å². The minimum atomic E-state index is -0.970. The lowest BCUT2D eigenvalue weighted by Gasteiger charge is -2.30. The third-order valence-electron chi connectivity index (χ3n) is 3.23. The normalized spacial score (nSPS) is 26.6. The summed E-state index contributed by atoms with van der Waals surface area (Å²) in [7, 11) is 1.52. The number of hydrogen-bond donors (Lipinski definition) is 2. The van der Waals surface area contributed by atoms with Crippen molar-refractivity contribution in [2.45, 2.75) is 18.1 Å². The van der Waals surface area contributed by atoms with Gasteiger partial charge >= 0.3 is 0 Å². The third kappa shape index (κ3) is 2.38. The van der Waals surface area contributed by atoms with Crippen molar-refractivity contribution in [3.8, 4) is 0 Å². The molecular formula is C12H15BrFNO2. The zero-order valence-electron chi connectivity index (χ0n) is 9.49. The van der Waals surface area contributed by atoms with Crippen LogP contribution in [-0.4, -0.2) is 24.9 Å². The predicted molar refractivity (Wildman–Crippen MR) is 66.0 cm³/mol. The van der Waals surface area contributed by atoms with E-state index in [2.05, 4.69) is 15.9 Å². The highest BCUT2D eigenvalue weighted by atomic mass is 79.9. The van der Waals surface area contributed by atoms with Crippen molar-refractivity contribution in [1.29, 1.82) is 0 Å². The summed E-state index contributed by atoms with van der Waals surface area (Å²) in [5.41, 5.74) is 5.66. The average Bonchev–Trinajstić information content (AvgIpc) is 3.00. The second kappa shape index (κ2) is 4.65. The summed E-state index contributed by atoms with van der Waals surface area (Å²) in [5, 5.41) is 9.54. The number of halogens is 2. The Bertz CT molecular complexity index is 429. The van der Waals surface area contributed by atoms with Gasteiger partial charge in [0.25, 0.3) is 0 Å². The number of aliphatic hydroxyl groups is 1. The Kier molecular flexibility index (Phi) is 3.54. The molecule has 0 radical (unpaired) electrons. The van der Waals surface area contributed by atoms with Crippen LogP contribution in [0, 0.1) is 11.7 Å². The number of hydrogen-bond acceptors (Lipinski definition) is 3. The molecule has 0 aliphatic heterocycles. The predicted octanol–water partition coefficient (Wildman–Crippen LogP) is 1.77. The SMILES string of the molecule is COC[C@@](N)(c1cc(Br)ccc1F)[C@H]1CC1O. The Hall–Kier alpha value is -0.490. The van der Waals surface area contributed by atoms with Crippen LogP contribution >= 0.6 is 15.9 Å². The van der Waals surface area contributed by atoms with E-state index in [4.69, 9.17) is 10.5 Å². The van der Waals surface area contributed by atoms with Crippen LogP contribution in [0.15, 0.2) is 22.7 Å². The van der Waals surface area contributed by atoms with Gasteiger partial charge in [-0.15, -0.1) is 0 Å². The van der Waals surface area contributed by atoms with Gasteiger partial charge in [-0.2, -0.15) is 0 Å². The fourth-order valence-electron chi connectivity index (χ4n) is 2.21. The molecular weight excluding hydrogens is 289 g/mol. The van der Waals surface area contributed by atoms with E-state index >= 15 is 0 Å². The topological polar surface area (TPSA) is 55.5 Å². The largest absolute Gasteiger partial charge is 0.393 e. The van der Waals surface area contributed by atoms with Crippen LogP contribution in [0.1, 0.15) is 12.0 Å². The minimum Gasteiger partial charge on any atom is -0.393 e. The van der Waals surface area contributed by atoms with Crippen LogP contribution in [0.4, 0.5) is 4.39 Å². The van der Waals surface area contributed by atoms with Crippen LogP contribution in [0.3, 0.4) is 0 Å².